The number of pyridine rings is 3. The first kappa shape index (κ1) is 34.9. The Balaban J connectivity index is 1.32. The van der Waals surface area contributed by atoms with E-state index >= 15 is 4.39 Å². The van der Waals surface area contributed by atoms with E-state index in [1.54, 1.807) is 62.9 Å². The second-order valence-corrected chi connectivity index (χ2v) is 13.9. The molecule has 52 heavy (non-hydrogen) atoms. The first-order chi connectivity index (χ1) is 24.8. The van der Waals surface area contributed by atoms with Crippen LogP contribution in [-0.2, 0) is 60.2 Å². The van der Waals surface area contributed by atoms with Crippen LogP contribution < -0.4 is 21.9 Å². The molecule has 5 heterocycles. The number of cyclic esters (lactones) is 1. The molecule has 270 valence electrons. The largest absolute Gasteiger partial charge is 0.458 e. The van der Waals surface area contributed by atoms with Crippen molar-refractivity contribution in [3.8, 4) is 11.4 Å². The summed E-state index contributed by atoms with van der Waals surface area (Å²) in [6.07, 6.45) is 3.27. The fourth-order valence-corrected chi connectivity index (χ4v) is 7.90. The Hall–Kier alpha value is -5.50. The van der Waals surface area contributed by atoms with E-state index in [1.165, 1.54) is 6.07 Å². The zero-order valence-corrected chi connectivity index (χ0v) is 29.3. The fourth-order valence-electron chi connectivity index (χ4n) is 7.90. The van der Waals surface area contributed by atoms with Crippen molar-refractivity contribution in [1.82, 2.24) is 25.2 Å². The van der Waals surface area contributed by atoms with E-state index in [9.17, 15) is 24.0 Å². The zero-order chi connectivity index (χ0) is 37.1. The van der Waals surface area contributed by atoms with Gasteiger partial charge in [0.1, 0.15) is 18.5 Å². The summed E-state index contributed by atoms with van der Waals surface area (Å²) in [6.45, 7) is 6.98. The number of aryl methyl sites for hydroxylation is 1. The maximum absolute atomic E-state index is 15.4. The molecule has 0 spiro atoms. The van der Waals surface area contributed by atoms with Crippen LogP contribution in [0.25, 0.3) is 22.3 Å². The van der Waals surface area contributed by atoms with Crippen molar-refractivity contribution in [2.75, 3.05) is 0 Å². The number of ether oxygens (including phenoxy) is 2. The number of fused-ring (bicyclic) bond motifs is 5. The van der Waals surface area contributed by atoms with Crippen molar-refractivity contribution >= 4 is 34.6 Å². The second-order valence-electron chi connectivity index (χ2n) is 13.9. The van der Waals surface area contributed by atoms with Crippen LogP contribution in [-0.4, -0.2) is 50.4 Å². The third-order valence-corrected chi connectivity index (χ3v) is 10.3. The number of hydrogen-bond acceptors (Lipinski definition) is 9. The minimum absolute atomic E-state index is 0.0413. The zero-order valence-electron chi connectivity index (χ0n) is 29.3. The van der Waals surface area contributed by atoms with Crippen LogP contribution >= 0.6 is 0 Å². The summed E-state index contributed by atoms with van der Waals surface area (Å²) >= 11 is 0. The first-order valence-electron chi connectivity index (χ1n) is 17.4. The summed E-state index contributed by atoms with van der Waals surface area (Å²) in [7, 11) is 0. The van der Waals surface area contributed by atoms with E-state index in [4.69, 9.17) is 20.2 Å². The molecule has 7 rings (SSSR count). The van der Waals surface area contributed by atoms with Crippen molar-refractivity contribution in [3.63, 3.8) is 0 Å². The lowest BCUT2D eigenvalue weighted by atomic mass is 9.81. The van der Waals surface area contributed by atoms with E-state index in [-0.39, 0.29) is 37.7 Å². The molecule has 3 atom stereocenters. The van der Waals surface area contributed by atoms with Crippen LogP contribution in [0.1, 0.15) is 85.0 Å². The highest BCUT2D eigenvalue weighted by atomic mass is 19.1. The van der Waals surface area contributed by atoms with Crippen LogP contribution in [0.15, 0.2) is 41.5 Å². The van der Waals surface area contributed by atoms with Gasteiger partial charge in [0, 0.05) is 35.0 Å². The number of nitrogens with zero attached hydrogens (tertiary/aromatic N) is 3. The number of esters is 1. The minimum atomic E-state index is -1.51. The maximum atomic E-state index is 15.4. The number of halogens is 1. The van der Waals surface area contributed by atoms with Crippen molar-refractivity contribution in [1.29, 1.82) is 0 Å². The highest BCUT2D eigenvalue weighted by Crippen LogP contribution is 2.46. The standard InChI is InChI=1S/C38H39FN6O7/c1-5-38(52-18(2)3)24-13-29-34-22(16-45(29)36(49)23(24)17-51-37(38)50)33-26(7-6-21-19(4)25(39)14-27(43-34)32(21)33)44-35(48)28(15-30(40)46)42-31(47)12-20-8-10-41-11-9-20/h8-11,13-14,18,26,28H,5-7,12,15-17H2,1-4H3,(H2,40,46)(H,42,47)(H,44,48)/t26-,28-,38-/m0/s1. The molecule has 0 saturated heterocycles. The van der Waals surface area contributed by atoms with Crippen LogP contribution in [0.4, 0.5) is 4.39 Å². The van der Waals surface area contributed by atoms with Crippen molar-refractivity contribution in [2.24, 2.45) is 5.73 Å². The molecule has 4 aromatic rings. The van der Waals surface area contributed by atoms with Gasteiger partial charge < -0.3 is 30.4 Å². The second kappa shape index (κ2) is 13.2. The van der Waals surface area contributed by atoms with Crippen LogP contribution in [0.2, 0.25) is 0 Å². The number of primary amides is 1. The quantitative estimate of drug-likeness (QED) is 0.183. The smallest absolute Gasteiger partial charge is 0.343 e. The highest BCUT2D eigenvalue weighted by Gasteiger charge is 2.49. The van der Waals surface area contributed by atoms with Gasteiger partial charge in [-0.2, -0.15) is 0 Å². The topological polar surface area (TPSA) is 185 Å². The van der Waals surface area contributed by atoms with Gasteiger partial charge in [-0.1, -0.05) is 6.92 Å². The summed E-state index contributed by atoms with van der Waals surface area (Å²) in [5, 5.41) is 6.37. The number of nitrogens with one attached hydrogen (secondary N) is 2. The lowest BCUT2D eigenvalue weighted by molar-refractivity contribution is -0.187. The third-order valence-electron chi connectivity index (χ3n) is 10.3. The number of hydrogen-bond donors (Lipinski definition) is 3. The Morgan fingerprint density at radius 1 is 1.15 bits per heavy atom. The van der Waals surface area contributed by atoms with Crippen LogP contribution in [0, 0.1) is 12.7 Å². The average molecular weight is 711 g/mol. The van der Waals surface area contributed by atoms with Gasteiger partial charge in [0.05, 0.1) is 54.0 Å². The molecule has 0 radical (unpaired) electrons. The van der Waals surface area contributed by atoms with Crippen molar-refractivity contribution in [3.05, 3.63) is 91.8 Å². The summed E-state index contributed by atoms with van der Waals surface area (Å²) < 4.78 is 28.7. The molecule has 2 aliphatic heterocycles. The van der Waals surface area contributed by atoms with Gasteiger partial charge in [-0.05, 0) is 80.5 Å². The monoisotopic (exact) mass is 710 g/mol. The first-order valence-corrected chi connectivity index (χ1v) is 17.4. The summed E-state index contributed by atoms with van der Waals surface area (Å²) in [5.74, 6) is -2.89. The Bertz CT molecular complexity index is 2240. The molecule has 14 heteroatoms. The van der Waals surface area contributed by atoms with Crippen molar-refractivity contribution in [2.45, 2.75) is 96.7 Å². The molecular weight excluding hydrogens is 671 g/mol. The normalized spacial score (nSPS) is 19.0. The molecular formula is C38H39FN6O7. The Morgan fingerprint density at radius 3 is 2.60 bits per heavy atom. The molecule has 3 aromatic heterocycles. The number of carbonyl (C=O) groups excluding carboxylic acids is 4. The molecule has 0 fully saturated rings. The van der Waals surface area contributed by atoms with E-state index < -0.39 is 53.6 Å². The van der Waals surface area contributed by atoms with Gasteiger partial charge in [0.15, 0.2) is 5.60 Å². The summed E-state index contributed by atoms with van der Waals surface area (Å²) in [6, 6.07) is 4.54. The predicted octanol–water partition coefficient (Wildman–Crippen LogP) is 3.06. The Labute approximate surface area is 298 Å². The Morgan fingerprint density at radius 2 is 1.90 bits per heavy atom. The number of carbonyl (C=O) groups is 4. The molecule has 3 amide bonds. The minimum Gasteiger partial charge on any atom is -0.458 e. The van der Waals surface area contributed by atoms with Gasteiger partial charge in [-0.25, -0.2) is 14.2 Å². The fraction of sp³-hybridized carbons (Fsp3) is 0.395. The number of amides is 3. The predicted molar refractivity (Wildman–Crippen MR) is 186 cm³/mol. The molecule has 0 bridgehead atoms. The molecule has 1 aromatic carbocycles. The lowest BCUT2D eigenvalue weighted by Crippen LogP contribution is -2.50. The van der Waals surface area contributed by atoms with Gasteiger partial charge in [0.2, 0.25) is 17.7 Å². The average Bonchev–Trinajstić information content (AvgIpc) is 3.47. The molecule has 0 saturated carbocycles. The van der Waals surface area contributed by atoms with Crippen LogP contribution in [0.5, 0.6) is 0 Å². The maximum Gasteiger partial charge on any atom is 0.343 e. The van der Waals surface area contributed by atoms with Crippen LogP contribution in [0.3, 0.4) is 0 Å². The number of aromatic nitrogens is 3. The molecule has 13 nitrogen and oxygen atoms in total. The van der Waals surface area contributed by atoms with E-state index in [1.807, 2.05) is 0 Å². The van der Waals surface area contributed by atoms with E-state index in [2.05, 4.69) is 15.6 Å². The van der Waals surface area contributed by atoms with Gasteiger partial charge in [-0.15, -0.1) is 0 Å². The number of nitrogens with two attached hydrogens (primary N) is 1. The van der Waals surface area contributed by atoms with Gasteiger partial charge >= 0.3 is 5.97 Å². The van der Waals surface area contributed by atoms with Gasteiger partial charge in [-0.3, -0.25) is 24.2 Å². The highest BCUT2D eigenvalue weighted by molar-refractivity contribution is 5.96. The van der Waals surface area contributed by atoms with Crippen molar-refractivity contribution < 1.29 is 33.0 Å². The SMILES string of the molecule is CC[C@@]1(OC(C)C)C(=O)OCc2c1cc1n(c2=O)Cc2c-1nc1cc(F)c(C)c3c1c2[C@@H](NC(=O)[C@H](CC(N)=O)NC(=O)Cc1ccncc1)CC3. The Kier molecular flexibility index (Phi) is 8.89. The lowest BCUT2D eigenvalue weighted by Gasteiger charge is -2.37. The summed E-state index contributed by atoms with van der Waals surface area (Å²) in [5.41, 5.74) is 8.79. The third kappa shape index (κ3) is 5.80. The molecule has 1 aliphatic carbocycles. The molecule has 4 N–H and O–H groups in total. The van der Waals surface area contributed by atoms with E-state index in [0.29, 0.717) is 68.5 Å². The number of rotatable bonds is 10. The summed E-state index contributed by atoms with van der Waals surface area (Å²) in [4.78, 5) is 75.4. The molecule has 3 aliphatic rings. The van der Waals surface area contributed by atoms with Gasteiger partial charge in [0.25, 0.3) is 5.56 Å². The number of benzene rings is 1. The van der Waals surface area contributed by atoms with E-state index in [0.717, 1.165) is 5.56 Å². The molecule has 0 unspecified atom stereocenters.